The summed E-state index contributed by atoms with van der Waals surface area (Å²) in [5.74, 6) is 0. The average Bonchev–Trinajstić information content (AvgIpc) is 1.65. The largest absolute Gasteiger partial charge is 0.521 e. The summed E-state index contributed by atoms with van der Waals surface area (Å²) in [7, 11) is -2.04. The summed E-state index contributed by atoms with van der Waals surface area (Å²) in [6.07, 6.45) is 0. The highest BCUT2D eigenvalue weighted by Crippen LogP contribution is 2.28. The molecule has 0 spiro atoms. The van der Waals surface area contributed by atoms with Crippen molar-refractivity contribution in [1.82, 2.24) is 0 Å². The minimum Gasteiger partial charge on any atom is -0.160 e. The summed E-state index contributed by atoms with van der Waals surface area (Å²) in [4.78, 5) is 8.25. The first-order chi connectivity index (χ1) is 3.18. The average molecular weight is 251 g/mol. The molecule has 0 aliphatic rings. The molecule has 1 N–H and O–H groups in total. The Labute approximate surface area is 59.4 Å². The molecule has 0 aromatic carbocycles. The van der Waals surface area contributed by atoms with Gasteiger partial charge in [-0.05, 0) is 20.5 Å². The Balaban J connectivity index is 3.34. The van der Waals surface area contributed by atoms with Crippen LogP contribution in [0.3, 0.4) is 0 Å². The summed E-state index contributed by atoms with van der Waals surface area (Å²) in [6, 6.07) is 0. The molecule has 2 atom stereocenters. The summed E-state index contributed by atoms with van der Waals surface area (Å²) in [5, 5.41) is 0.513. The molecule has 2 nitrogen and oxygen atoms in total. The van der Waals surface area contributed by atoms with E-state index in [9.17, 15) is 4.57 Å². The molecule has 7 heavy (non-hydrogen) atoms. The molecule has 0 radical (unpaired) electrons. The molecular weight excluding hydrogens is 247 g/mol. The quantitative estimate of drug-likeness (QED) is 0.600. The third-order valence-corrected chi connectivity index (χ3v) is 4.42. The third kappa shape index (κ3) is 3.59. The maximum Gasteiger partial charge on any atom is 0.521 e. The van der Waals surface area contributed by atoms with Gasteiger partial charge in [0.05, 0.1) is 5.33 Å². The molecule has 0 heterocycles. The summed E-state index contributed by atoms with van der Waals surface area (Å²) in [6.45, 7) is 0. The second kappa shape index (κ2) is 3.96. The maximum absolute atomic E-state index is 10.0. The van der Waals surface area contributed by atoms with Crippen LogP contribution in [0.25, 0.3) is 0 Å². The second-order valence-corrected chi connectivity index (χ2v) is 4.58. The van der Waals surface area contributed by atoms with Gasteiger partial charge in [0.1, 0.15) is 0 Å². The topological polar surface area (TPSA) is 37.3 Å². The number of hydrogen-bond acceptors (Lipinski definition) is 1. The zero-order chi connectivity index (χ0) is 5.86. The summed E-state index contributed by atoms with van der Waals surface area (Å²) < 4.78 is 9.70. The lowest BCUT2D eigenvalue weighted by atomic mass is 11.0. The van der Waals surface area contributed by atoms with Crippen LogP contribution in [0, 0.1) is 0 Å². The Hall–Kier alpha value is 1.02. The molecule has 0 fully saturated rings. The molecule has 42 valence electrons. The Morgan fingerprint density at radius 2 is 2.29 bits per heavy atom. The summed E-state index contributed by atoms with van der Waals surface area (Å²) in [5.41, 5.74) is 0. The van der Waals surface area contributed by atoms with Crippen molar-refractivity contribution in [3.63, 3.8) is 0 Å². The van der Waals surface area contributed by atoms with Gasteiger partial charge in [-0.25, -0.2) is 0 Å². The number of rotatable bonds is 2. The fourth-order valence-corrected chi connectivity index (χ4v) is 0.920. The van der Waals surface area contributed by atoms with Crippen molar-refractivity contribution < 1.29 is 9.46 Å². The molecule has 0 aromatic rings. The van der Waals surface area contributed by atoms with Gasteiger partial charge in [-0.15, -0.1) is 0 Å². The standard InChI is InChI=1S/C2H3Br2O2P/c3-1-2(4)7(5)6/h2H,1H2/p+1. The van der Waals surface area contributed by atoms with Crippen LogP contribution in [-0.2, 0) is 4.57 Å². The first-order valence-electron chi connectivity index (χ1n) is 1.53. The minimum atomic E-state index is -2.04. The van der Waals surface area contributed by atoms with E-state index in [-0.39, 0.29) is 4.57 Å². The van der Waals surface area contributed by atoms with Gasteiger partial charge in [0.2, 0.25) is 4.57 Å². The molecule has 2 unspecified atom stereocenters. The van der Waals surface area contributed by atoms with Crippen LogP contribution in [0.1, 0.15) is 0 Å². The van der Waals surface area contributed by atoms with E-state index in [2.05, 4.69) is 31.9 Å². The SMILES string of the molecule is O=[P+](O)C(Br)CBr. The highest BCUT2D eigenvalue weighted by Gasteiger charge is 2.22. The lowest BCUT2D eigenvalue weighted by molar-refractivity contribution is 0.503. The predicted molar refractivity (Wildman–Crippen MR) is 36.3 cm³/mol. The van der Waals surface area contributed by atoms with E-state index in [1.807, 2.05) is 0 Å². The minimum absolute atomic E-state index is 0.303. The Morgan fingerprint density at radius 1 is 1.86 bits per heavy atom. The Morgan fingerprint density at radius 3 is 2.29 bits per heavy atom. The van der Waals surface area contributed by atoms with Crippen LogP contribution in [0.4, 0.5) is 0 Å². The number of alkyl halides is 2. The van der Waals surface area contributed by atoms with Crippen molar-refractivity contribution in [2.75, 3.05) is 5.33 Å². The number of halogens is 2. The van der Waals surface area contributed by atoms with E-state index in [1.165, 1.54) is 0 Å². The van der Waals surface area contributed by atoms with Gasteiger partial charge in [-0.2, -0.15) is 4.89 Å². The van der Waals surface area contributed by atoms with E-state index in [0.717, 1.165) is 0 Å². The molecule has 0 aliphatic carbocycles. The molecule has 5 heteroatoms. The molecular formula is C2H4Br2O2P+. The van der Waals surface area contributed by atoms with E-state index < -0.39 is 8.03 Å². The molecule has 0 saturated heterocycles. The van der Waals surface area contributed by atoms with E-state index in [0.29, 0.717) is 5.33 Å². The molecule has 0 bridgehead atoms. The van der Waals surface area contributed by atoms with E-state index >= 15 is 0 Å². The highest BCUT2D eigenvalue weighted by atomic mass is 79.9. The van der Waals surface area contributed by atoms with Crippen LogP contribution >= 0.6 is 39.9 Å². The van der Waals surface area contributed by atoms with Gasteiger partial charge in [0.15, 0.2) is 0 Å². The van der Waals surface area contributed by atoms with Crippen molar-refractivity contribution >= 4 is 39.9 Å². The fourth-order valence-electron chi connectivity index (χ4n) is 0.0590. The van der Waals surface area contributed by atoms with Crippen molar-refractivity contribution in [1.29, 1.82) is 0 Å². The molecule has 0 aliphatic heterocycles. The molecule has 0 rings (SSSR count). The highest BCUT2D eigenvalue weighted by molar-refractivity contribution is 9.12. The lowest BCUT2D eigenvalue weighted by Gasteiger charge is -1.80. The second-order valence-electron chi connectivity index (χ2n) is 0.891. The van der Waals surface area contributed by atoms with Crippen LogP contribution in [-0.4, -0.2) is 14.8 Å². The van der Waals surface area contributed by atoms with Crippen LogP contribution in [0.15, 0.2) is 0 Å². The monoisotopic (exact) mass is 249 g/mol. The van der Waals surface area contributed by atoms with E-state index in [4.69, 9.17) is 4.89 Å². The van der Waals surface area contributed by atoms with Gasteiger partial charge in [-0.3, -0.25) is 0 Å². The third-order valence-electron chi connectivity index (χ3n) is 0.367. The van der Waals surface area contributed by atoms with Gasteiger partial charge < -0.3 is 0 Å². The molecule has 0 aromatic heterocycles. The Kier molecular flexibility index (Phi) is 4.53. The van der Waals surface area contributed by atoms with Crippen molar-refractivity contribution in [2.45, 2.75) is 4.57 Å². The van der Waals surface area contributed by atoms with Gasteiger partial charge in [0, 0.05) is 0 Å². The zero-order valence-electron chi connectivity index (χ0n) is 3.34. The zero-order valence-corrected chi connectivity index (χ0v) is 7.41. The van der Waals surface area contributed by atoms with Crippen LogP contribution < -0.4 is 0 Å². The molecule has 0 saturated carbocycles. The summed E-state index contributed by atoms with van der Waals surface area (Å²) >= 11 is 5.99. The predicted octanol–water partition coefficient (Wildman–Crippen LogP) is 1.84. The first-order valence-corrected chi connectivity index (χ1v) is 4.85. The van der Waals surface area contributed by atoms with Gasteiger partial charge in [0.25, 0.3) is 0 Å². The Bertz CT molecular complexity index is 76.1. The lowest BCUT2D eigenvalue weighted by Crippen LogP contribution is -1.88. The van der Waals surface area contributed by atoms with Crippen molar-refractivity contribution in [3.8, 4) is 0 Å². The molecule has 0 amide bonds. The first kappa shape index (κ1) is 8.02. The van der Waals surface area contributed by atoms with E-state index in [1.54, 1.807) is 0 Å². The van der Waals surface area contributed by atoms with Gasteiger partial charge in [-0.1, -0.05) is 15.9 Å². The van der Waals surface area contributed by atoms with Crippen LogP contribution in [0.5, 0.6) is 0 Å². The normalized spacial score (nSPS) is 16.1. The number of hydrogen-bond donors (Lipinski definition) is 1. The van der Waals surface area contributed by atoms with Crippen LogP contribution in [0.2, 0.25) is 0 Å². The van der Waals surface area contributed by atoms with Crippen molar-refractivity contribution in [2.24, 2.45) is 0 Å². The van der Waals surface area contributed by atoms with Gasteiger partial charge >= 0.3 is 8.03 Å². The maximum atomic E-state index is 10.0. The fraction of sp³-hybridized carbons (Fsp3) is 1.00. The smallest absolute Gasteiger partial charge is 0.160 e. The van der Waals surface area contributed by atoms with Crippen molar-refractivity contribution in [3.05, 3.63) is 0 Å².